The summed E-state index contributed by atoms with van der Waals surface area (Å²) in [5, 5.41) is 7.99. The SMILES string of the molecule is NCCCO.NCCCc1ccccc1. The zero-order valence-electron chi connectivity index (χ0n) is 9.23. The highest BCUT2D eigenvalue weighted by Gasteiger charge is 1.87. The lowest BCUT2D eigenvalue weighted by atomic mass is 10.1. The van der Waals surface area contributed by atoms with Crippen LogP contribution in [0.1, 0.15) is 18.4 Å². The Hall–Kier alpha value is -0.900. The highest BCUT2D eigenvalue weighted by Crippen LogP contribution is 2.00. The Labute approximate surface area is 92.1 Å². The number of aryl methyl sites for hydroxylation is 1. The Morgan fingerprint density at radius 1 is 0.933 bits per heavy atom. The third-order valence-electron chi connectivity index (χ3n) is 1.87. The van der Waals surface area contributed by atoms with E-state index in [1.165, 1.54) is 5.56 Å². The van der Waals surface area contributed by atoms with Gasteiger partial charge in [-0.2, -0.15) is 0 Å². The van der Waals surface area contributed by atoms with Crippen molar-refractivity contribution in [3.05, 3.63) is 35.9 Å². The molecule has 0 amide bonds. The van der Waals surface area contributed by atoms with Crippen molar-refractivity contribution in [2.24, 2.45) is 11.5 Å². The minimum Gasteiger partial charge on any atom is -0.396 e. The Morgan fingerprint density at radius 2 is 1.53 bits per heavy atom. The molecule has 1 aromatic carbocycles. The first kappa shape index (κ1) is 14.1. The summed E-state index contributed by atoms with van der Waals surface area (Å²) in [6.45, 7) is 1.60. The van der Waals surface area contributed by atoms with Crippen LogP contribution in [0.3, 0.4) is 0 Å². The first-order valence-corrected chi connectivity index (χ1v) is 5.40. The fourth-order valence-electron chi connectivity index (χ4n) is 1.04. The van der Waals surface area contributed by atoms with Crippen molar-refractivity contribution >= 4 is 0 Å². The molecular weight excluding hydrogens is 188 g/mol. The zero-order valence-corrected chi connectivity index (χ0v) is 9.23. The van der Waals surface area contributed by atoms with E-state index in [-0.39, 0.29) is 6.61 Å². The second kappa shape index (κ2) is 11.2. The lowest BCUT2D eigenvalue weighted by Crippen LogP contribution is -1.99. The summed E-state index contributed by atoms with van der Waals surface area (Å²) in [6, 6.07) is 10.4. The predicted octanol–water partition coefficient (Wildman–Crippen LogP) is 0.905. The summed E-state index contributed by atoms with van der Waals surface area (Å²) < 4.78 is 0. The number of hydrogen-bond donors (Lipinski definition) is 3. The van der Waals surface area contributed by atoms with Crippen molar-refractivity contribution < 1.29 is 5.11 Å². The summed E-state index contributed by atoms with van der Waals surface area (Å²) in [5.41, 5.74) is 11.7. The summed E-state index contributed by atoms with van der Waals surface area (Å²) in [7, 11) is 0. The fraction of sp³-hybridized carbons (Fsp3) is 0.500. The fourth-order valence-corrected chi connectivity index (χ4v) is 1.04. The molecule has 0 aromatic heterocycles. The number of benzene rings is 1. The number of aliphatic hydroxyl groups is 1. The monoisotopic (exact) mass is 210 g/mol. The molecule has 0 unspecified atom stereocenters. The van der Waals surface area contributed by atoms with Gasteiger partial charge in [0.15, 0.2) is 0 Å². The minimum absolute atomic E-state index is 0.219. The van der Waals surface area contributed by atoms with Gasteiger partial charge >= 0.3 is 0 Å². The third kappa shape index (κ3) is 9.41. The van der Waals surface area contributed by atoms with Gasteiger partial charge in [0.25, 0.3) is 0 Å². The van der Waals surface area contributed by atoms with Crippen molar-refractivity contribution in [1.82, 2.24) is 0 Å². The van der Waals surface area contributed by atoms with E-state index in [4.69, 9.17) is 16.6 Å². The molecule has 0 aliphatic carbocycles. The second-order valence-corrected chi connectivity index (χ2v) is 3.24. The van der Waals surface area contributed by atoms with Gasteiger partial charge in [0.05, 0.1) is 0 Å². The van der Waals surface area contributed by atoms with Crippen LogP contribution < -0.4 is 11.5 Å². The zero-order chi connectivity index (χ0) is 11.4. The average Bonchev–Trinajstić information content (AvgIpc) is 2.30. The van der Waals surface area contributed by atoms with E-state index in [9.17, 15) is 0 Å². The van der Waals surface area contributed by atoms with Crippen molar-refractivity contribution in [2.45, 2.75) is 19.3 Å². The maximum atomic E-state index is 7.99. The van der Waals surface area contributed by atoms with E-state index in [0.29, 0.717) is 6.54 Å². The van der Waals surface area contributed by atoms with Crippen LogP contribution >= 0.6 is 0 Å². The van der Waals surface area contributed by atoms with Gasteiger partial charge in [0.2, 0.25) is 0 Å². The van der Waals surface area contributed by atoms with Gasteiger partial charge in [-0.15, -0.1) is 0 Å². The normalized spacial score (nSPS) is 9.27. The topological polar surface area (TPSA) is 72.3 Å². The molecule has 1 aromatic rings. The van der Waals surface area contributed by atoms with Crippen LogP contribution in [0, 0.1) is 0 Å². The molecule has 0 aliphatic heterocycles. The molecule has 0 aliphatic rings. The van der Waals surface area contributed by atoms with Crippen LogP contribution in [0.25, 0.3) is 0 Å². The molecule has 5 N–H and O–H groups in total. The lowest BCUT2D eigenvalue weighted by Gasteiger charge is -1.96. The maximum Gasteiger partial charge on any atom is 0.0443 e. The van der Waals surface area contributed by atoms with Crippen LogP contribution in [-0.2, 0) is 6.42 Å². The summed E-state index contributed by atoms with van der Waals surface area (Å²) in [5.74, 6) is 0. The van der Waals surface area contributed by atoms with E-state index < -0.39 is 0 Å². The van der Waals surface area contributed by atoms with Crippen molar-refractivity contribution in [1.29, 1.82) is 0 Å². The number of aliphatic hydroxyl groups excluding tert-OH is 1. The minimum atomic E-state index is 0.219. The number of hydrogen-bond acceptors (Lipinski definition) is 3. The summed E-state index contributed by atoms with van der Waals surface area (Å²) in [6.07, 6.45) is 2.92. The molecule has 1 rings (SSSR count). The molecule has 0 atom stereocenters. The van der Waals surface area contributed by atoms with E-state index in [2.05, 4.69) is 24.3 Å². The molecule has 3 heteroatoms. The molecule has 0 saturated heterocycles. The number of nitrogens with two attached hydrogens (primary N) is 2. The van der Waals surface area contributed by atoms with Crippen molar-refractivity contribution in [3.63, 3.8) is 0 Å². The smallest absolute Gasteiger partial charge is 0.0443 e. The van der Waals surface area contributed by atoms with Crippen LogP contribution in [0.5, 0.6) is 0 Å². The van der Waals surface area contributed by atoms with Gasteiger partial charge in [-0.05, 0) is 37.9 Å². The molecule has 0 spiro atoms. The Bertz CT molecular complexity index is 212. The Kier molecular flexibility index (Phi) is 10.5. The standard InChI is InChI=1S/C9H13N.C3H9NO/c10-8-4-7-9-5-2-1-3-6-9;4-2-1-3-5/h1-3,5-6H,4,7-8,10H2;5H,1-4H2. The molecule has 86 valence electrons. The van der Waals surface area contributed by atoms with Crippen LogP contribution in [0.4, 0.5) is 0 Å². The van der Waals surface area contributed by atoms with Gasteiger partial charge in [-0.3, -0.25) is 0 Å². The molecule has 0 heterocycles. The summed E-state index contributed by atoms with van der Waals surface area (Å²) >= 11 is 0. The molecule has 15 heavy (non-hydrogen) atoms. The molecule has 0 fully saturated rings. The second-order valence-electron chi connectivity index (χ2n) is 3.24. The molecule has 0 saturated carbocycles. The van der Waals surface area contributed by atoms with Crippen LogP contribution in [0.15, 0.2) is 30.3 Å². The highest BCUT2D eigenvalue weighted by atomic mass is 16.2. The quantitative estimate of drug-likeness (QED) is 0.676. The van der Waals surface area contributed by atoms with Gasteiger partial charge in [-0.1, -0.05) is 30.3 Å². The predicted molar refractivity (Wildman–Crippen MR) is 64.6 cm³/mol. The molecule has 3 nitrogen and oxygen atoms in total. The Balaban J connectivity index is 0.000000336. The van der Waals surface area contributed by atoms with Crippen molar-refractivity contribution in [2.75, 3.05) is 19.7 Å². The first-order valence-electron chi connectivity index (χ1n) is 5.40. The van der Waals surface area contributed by atoms with E-state index in [1.807, 2.05) is 6.07 Å². The number of rotatable bonds is 5. The van der Waals surface area contributed by atoms with Gasteiger partial charge in [-0.25, -0.2) is 0 Å². The van der Waals surface area contributed by atoms with E-state index >= 15 is 0 Å². The van der Waals surface area contributed by atoms with E-state index in [0.717, 1.165) is 25.8 Å². The molecule has 0 radical (unpaired) electrons. The van der Waals surface area contributed by atoms with E-state index in [1.54, 1.807) is 0 Å². The Morgan fingerprint density at radius 3 is 1.93 bits per heavy atom. The molecular formula is C12H22N2O. The van der Waals surface area contributed by atoms with Crippen LogP contribution in [-0.4, -0.2) is 24.8 Å². The first-order chi connectivity index (χ1) is 7.35. The highest BCUT2D eigenvalue weighted by molar-refractivity contribution is 5.14. The van der Waals surface area contributed by atoms with Crippen LogP contribution in [0.2, 0.25) is 0 Å². The third-order valence-corrected chi connectivity index (χ3v) is 1.87. The van der Waals surface area contributed by atoms with Gasteiger partial charge < -0.3 is 16.6 Å². The summed E-state index contributed by atoms with van der Waals surface area (Å²) in [4.78, 5) is 0. The van der Waals surface area contributed by atoms with Gasteiger partial charge in [0.1, 0.15) is 0 Å². The lowest BCUT2D eigenvalue weighted by molar-refractivity contribution is 0.291. The largest absolute Gasteiger partial charge is 0.396 e. The average molecular weight is 210 g/mol. The van der Waals surface area contributed by atoms with Gasteiger partial charge in [0, 0.05) is 6.61 Å². The molecule has 0 bridgehead atoms. The maximum absolute atomic E-state index is 7.99. The van der Waals surface area contributed by atoms with Crippen molar-refractivity contribution in [3.8, 4) is 0 Å².